The van der Waals surface area contributed by atoms with E-state index in [1.54, 1.807) is 13.0 Å². The number of hydrogen-bond acceptors (Lipinski definition) is 2. The molecular weight excluding hydrogens is 276 g/mol. The third kappa shape index (κ3) is 3.91. The third-order valence-electron chi connectivity index (χ3n) is 3.78. The van der Waals surface area contributed by atoms with Crippen molar-refractivity contribution in [1.82, 2.24) is 0 Å². The first-order chi connectivity index (χ1) is 8.56. The molecule has 0 radical (unpaired) electrons. The molecule has 0 aliphatic rings. The van der Waals surface area contributed by atoms with E-state index in [4.69, 9.17) is 16.0 Å². The molecule has 0 bridgehead atoms. The molecule has 19 heavy (non-hydrogen) atoms. The molecule has 2 nitrogen and oxygen atoms in total. The number of rotatable bonds is 4. The van der Waals surface area contributed by atoms with Gasteiger partial charge in [0.05, 0.1) is 0 Å². The molecule has 106 valence electrons. The van der Waals surface area contributed by atoms with E-state index in [0.29, 0.717) is 5.02 Å². The van der Waals surface area contributed by atoms with Crippen molar-refractivity contribution in [2.24, 2.45) is 0 Å². The van der Waals surface area contributed by atoms with Crippen LogP contribution in [0.25, 0.3) is 0 Å². The lowest BCUT2D eigenvalue weighted by Gasteiger charge is -2.38. The first-order valence-corrected chi connectivity index (χ1v) is 9.77. The summed E-state index contributed by atoms with van der Waals surface area (Å²) in [5.41, 5.74) is 0.765. The Morgan fingerprint density at radius 3 is 2.21 bits per heavy atom. The van der Waals surface area contributed by atoms with Gasteiger partial charge in [0.1, 0.15) is 6.10 Å². The Kier molecular flexibility index (Phi) is 4.99. The van der Waals surface area contributed by atoms with Crippen LogP contribution < -0.4 is 0 Å². The van der Waals surface area contributed by atoms with Gasteiger partial charge in [-0.3, -0.25) is 4.79 Å². The summed E-state index contributed by atoms with van der Waals surface area (Å²) in [6.45, 7) is 12.3. The smallest absolute Gasteiger partial charge is 0.193 e. The molecule has 0 aromatic heterocycles. The van der Waals surface area contributed by atoms with Crippen molar-refractivity contribution in [1.29, 1.82) is 0 Å². The van der Waals surface area contributed by atoms with Crippen molar-refractivity contribution in [3.05, 3.63) is 34.9 Å². The highest BCUT2D eigenvalue weighted by atomic mass is 35.5. The maximum absolute atomic E-state index is 11.9. The highest BCUT2D eigenvalue weighted by Gasteiger charge is 2.40. The highest BCUT2D eigenvalue weighted by molar-refractivity contribution is 6.74. The highest BCUT2D eigenvalue weighted by Crippen LogP contribution is 2.40. The second kappa shape index (κ2) is 5.78. The summed E-state index contributed by atoms with van der Waals surface area (Å²) in [5, 5.41) is 0.642. The van der Waals surface area contributed by atoms with E-state index in [-0.39, 0.29) is 10.8 Å². The van der Waals surface area contributed by atoms with Gasteiger partial charge in [0.2, 0.25) is 0 Å². The maximum atomic E-state index is 11.9. The Balaban J connectivity index is 3.12. The summed E-state index contributed by atoms with van der Waals surface area (Å²) in [6.07, 6.45) is -0.561. The quantitative estimate of drug-likeness (QED) is 0.732. The monoisotopic (exact) mass is 298 g/mol. The predicted octanol–water partition coefficient (Wildman–Crippen LogP) is 4.99. The van der Waals surface area contributed by atoms with E-state index in [0.717, 1.165) is 5.56 Å². The van der Waals surface area contributed by atoms with Crippen LogP contribution in [0.3, 0.4) is 0 Å². The van der Waals surface area contributed by atoms with E-state index in [9.17, 15) is 4.79 Å². The van der Waals surface area contributed by atoms with Crippen LogP contribution in [0.2, 0.25) is 23.2 Å². The van der Waals surface area contributed by atoms with E-state index >= 15 is 0 Å². The minimum atomic E-state index is -2.02. The van der Waals surface area contributed by atoms with Crippen LogP contribution >= 0.6 is 11.6 Å². The molecule has 0 aliphatic heterocycles. The van der Waals surface area contributed by atoms with Gasteiger partial charge < -0.3 is 4.43 Å². The second-order valence-corrected chi connectivity index (χ2v) is 11.6. The molecule has 0 saturated heterocycles. The number of ketones is 1. The molecular formula is C15H23ClO2Si. The molecule has 1 rings (SSSR count). The lowest BCUT2D eigenvalue weighted by atomic mass is 10.1. The van der Waals surface area contributed by atoms with E-state index in [1.165, 1.54) is 0 Å². The zero-order valence-corrected chi connectivity index (χ0v) is 14.3. The lowest BCUT2D eigenvalue weighted by molar-refractivity contribution is -0.124. The molecule has 1 aromatic rings. The van der Waals surface area contributed by atoms with Gasteiger partial charge in [-0.1, -0.05) is 50.6 Å². The lowest BCUT2D eigenvalue weighted by Crippen LogP contribution is -2.43. The minimum absolute atomic E-state index is 0.00192. The van der Waals surface area contributed by atoms with Crippen LogP contribution in [0.15, 0.2) is 24.3 Å². The van der Waals surface area contributed by atoms with Crippen LogP contribution in [0.5, 0.6) is 0 Å². The molecule has 0 heterocycles. The Bertz CT molecular complexity index is 463. The van der Waals surface area contributed by atoms with Crippen molar-refractivity contribution < 1.29 is 9.22 Å². The van der Waals surface area contributed by atoms with Crippen LogP contribution in [-0.4, -0.2) is 14.1 Å². The summed E-state index contributed by atoms with van der Waals surface area (Å²) in [7, 11) is -2.02. The number of hydrogen-bond donors (Lipinski definition) is 0. The summed E-state index contributed by atoms with van der Waals surface area (Å²) in [6, 6.07) is 7.39. The molecule has 1 atom stereocenters. The zero-order chi connectivity index (χ0) is 14.8. The predicted molar refractivity (Wildman–Crippen MR) is 83.2 cm³/mol. The van der Waals surface area contributed by atoms with Crippen molar-refractivity contribution in [3.8, 4) is 0 Å². The number of carbonyl (C=O) groups is 1. The van der Waals surface area contributed by atoms with Gasteiger partial charge in [0, 0.05) is 10.6 Å². The topological polar surface area (TPSA) is 26.3 Å². The largest absolute Gasteiger partial charge is 0.403 e. The first kappa shape index (κ1) is 16.4. The van der Waals surface area contributed by atoms with E-state index in [2.05, 4.69) is 33.9 Å². The van der Waals surface area contributed by atoms with E-state index in [1.807, 2.05) is 18.2 Å². The van der Waals surface area contributed by atoms with E-state index < -0.39 is 14.4 Å². The fraction of sp³-hybridized carbons (Fsp3) is 0.533. The van der Waals surface area contributed by atoms with Gasteiger partial charge in [-0.2, -0.15) is 0 Å². The van der Waals surface area contributed by atoms with Crippen LogP contribution in [0.1, 0.15) is 39.4 Å². The molecule has 0 spiro atoms. The second-order valence-electron chi connectivity index (χ2n) is 6.39. The van der Waals surface area contributed by atoms with Gasteiger partial charge in [0.15, 0.2) is 14.1 Å². The van der Waals surface area contributed by atoms with Crippen molar-refractivity contribution in [2.75, 3.05) is 0 Å². The molecule has 0 saturated carbocycles. The Morgan fingerprint density at radius 1 is 1.26 bits per heavy atom. The Hall–Kier alpha value is -0.643. The standard InChI is InChI=1S/C15H23ClO2Si/c1-11(17)14(12-9-7-8-10-13(12)16)18-19(5,6)15(2,3)4/h7-10,14H,1-6H3/t14-/m0/s1. The summed E-state index contributed by atoms with van der Waals surface area (Å²) < 4.78 is 6.24. The number of halogens is 1. The average Bonchev–Trinajstić information content (AvgIpc) is 2.25. The molecule has 0 amide bonds. The number of benzene rings is 1. The molecule has 1 aromatic carbocycles. The van der Waals surface area contributed by atoms with Gasteiger partial charge in [0.25, 0.3) is 0 Å². The fourth-order valence-electron chi connectivity index (χ4n) is 1.52. The molecule has 4 heteroatoms. The van der Waals surface area contributed by atoms with Crippen molar-refractivity contribution >= 4 is 25.7 Å². The SMILES string of the molecule is CC(=O)[C@H](O[Si](C)(C)C(C)(C)C)c1ccccc1Cl. The van der Waals surface area contributed by atoms with Gasteiger partial charge >= 0.3 is 0 Å². The molecule has 0 N–H and O–H groups in total. The molecule has 0 unspecified atom stereocenters. The van der Waals surface area contributed by atoms with Gasteiger partial charge in [-0.05, 0) is 31.1 Å². The summed E-state index contributed by atoms with van der Waals surface area (Å²) >= 11 is 6.19. The average molecular weight is 299 g/mol. The maximum Gasteiger partial charge on any atom is 0.193 e. The third-order valence-corrected chi connectivity index (χ3v) is 8.56. The zero-order valence-electron chi connectivity index (χ0n) is 12.6. The fourth-order valence-corrected chi connectivity index (χ4v) is 3.00. The van der Waals surface area contributed by atoms with Crippen molar-refractivity contribution in [3.63, 3.8) is 0 Å². The summed E-state index contributed by atoms with van der Waals surface area (Å²) in [4.78, 5) is 11.9. The van der Waals surface area contributed by atoms with Crippen LogP contribution in [0, 0.1) is 0 Å². The molecule has 0 fully saturated rings. The van der Waals surface area contributed by atoms with Crippen molar-refractivity contribution in [2.45, 2.75) is 51.9 Å². The Labute approximate surface area is 122 Å². The van der Waals surface area contributed by atoms with Crippen LogP contribution in [0.4, 0.5) is 0 Å². The minimum Gasteiger partial charge on any atom is -0.403 e. The number of carbonyl (C=O) groups excluding carboxylic acids is 1. The molecule has 0 aliphatic carbocycles. The number of Topliss-reactive ketones (excluding diaryl/α,β-unsaturated/α-hetero) is 1. The summed E-state index contributed by atoms with van der Waals surface area (Å²) in [5.74, 6) is -0.00192. The van der Waals surface area contributed by atoms with Gasteiger partial charge in [-0.15, -0.1) is 0 Å². The Morgan fingerprint density at radius 2 is 1.79 bits per heavy atom. The first-order valence-electron chi connectivity index (χ1n) is 6.49. The normalized spacial score (nSPS) is 14.3. The van der Waals surface area contributed by atoms with Gasteiger partial charge in [-0.25, -0.2) is 0 Å². The van der Waals surface area contributed by atoms with Crippen LogP contribution in [-0.2, 0) is 9.22 Å².